The van der Waals surface area contributed by atoms with E-state index in [2.05, 4.69) is 20.8 Å². The second-order valence-electron chi connectivity index (χ2n) is 8.52. The van der Waals surface area contributed by atoms with Crippen LogP contribution in [0.2, 0.25) is 0 Å². The number of carbonyl (C=O) groups is 2. The van der Waals surface area contributed by atoms with E-state index < -0.39 is 29.7 Å². The molecule has 4 rings (SSSR count). The lowest BCUT2D eigenvalue weighted by atomic mass is 9.81. The number of aromatic nitrogens is 4. The monoisotopic (exact) mass is 521 g/mol. The molecule has 0 bridgehead atoms. The van der Waals surface area contributed by atoms with Crippen molar-refractivity contribution in [1.82, 2.24) is 25.5 Å². The molecule has 0 unspecified atom stereocenters. The highest BCUT2D eigenvalue weighted by Gasteiger charge is 2.39. The van der Waals surface area contributed by atoms with Crippen molar-refractivity contribution in [3.63, 3.8) is 0 Å². The van der Waals surface area contributed by atoms with Gasteiger partial charge in [-0.25, -0.2) is 9.89 Å². The predicted octanol–water partition coefficient (Wildman–Crippen LogP) is 3.76. The summed E-state index contributed by atoms with van der Waals surface area (Å²) in [6.45, 7) is 3.18. The maximum absolute atomic E-state index is 13.3. The van der Waals surface area contributed by atoms with Crippen molar-refractivity contribution in [1.29, 1.82) is 0 Å². The smallest absolute Gasteiger partial charge is 0.389 e. The van der Waals surface area contributed by atoms with Gasteiger partial charge in [0.2, 0.25) is 0 Å². The fourth-order valence-corrected chi connectivity index (χ4v) is 4.89. The summed E-state index contributed by atoms with van der Waals surface area (Å²) in [4.78, 5) is 38.5. The molecule has 0 saturated carbocycles. The first-order valence-corrected chi connectivity index (χ1v) is 11.8. The van der Waals surface area contributed by atoms with E-state index in [-0.39, 0.29) is 30.9 Å². The molecule has 1 amide bonds. The topological polar surface area (TPSA) is 119 Å². The second-order valence-corrected chi connectivity index (χ2v) is 9.60. The van der Waals surface area contributed by atoms with Crippen LogP contribution in [0.5, 0.6) is 5.75 Å². The Morgan fingerprint density at radius 3 is 2.50 bits per heavy atom. The molecule has 0 spiro atoms. The molecule has 3 heterocycles. The number of rotatable bonds is 8. The number of ketones is 1. The van der Waals surface area contributed by atoms with Crippen molar-refractivity contribution in [2.75, 3.05) is 6.61 Å². The van der Waals surface area contributed by atoms with Crippen LogP contribution < -0.4 is 15.7 Å². The molecule has 36 heavy (non-hydrogen) atoms. The number of tetrazole rings is 1. The Kier molecular flexibility index (Phi) is 6.85. The number of hydrogen-bond donors (Lipinski definition) is 2. The summed E-state index contributed by atoms with van der Waals surface area (Å²) in [5, 5.41) is 12.3. The third-order valence-electron chi connectivity index (χ3n) is 5.72. The third-order valence-corrected chi connectivity index (χ3v) is 6.97. The van der Waals surface area contributed by atoms with E-state index >= 15 is 0 Å². The van der Waals surface area contributed by atoms with Crippen molar-refractivity contribution >= 4 is 34.3 Å². The Balaban J connectivity index is 1.63. The lowest BCUT2D eigenvalue weighted by Gasteiger charge is -2.37. The number of nitrogens with zero attached hydrogens (tertiary/aromatic N) is 3. The van der Waals surface area contributed by atoms with Gasteiger partial charge in [0.1, 0.15) is 11.4 Å². The third kappa shape index (κ3) is 5.40. The molecule has 1 aromatic carbocycles. The average Bonchev–Trinajstić information content (AvgIpc) is 3.46. The molecule has 0 fully saturated rings. The van der Waals surface area contributed by atoms with E-state index in [0.29, 0.717) is 26.6 Å². The summed E-state index contributed by atoms with van der Waals surface area (Å²) in [5.74, 6) is -0.275. The lowest BCUT2D eigenvalue weighted by Crippen LogP contribution is -2.49. The number of carbonyl (C=O) groups excluding carboxylic acids is 2. The van der Waals surface area contributed by atoms with Crippen LogP contribution in [0.25, 0.3) is 11.3 Å². The first kappa shape index (κ1) is 25.4. The predicted molar refractivity (Wildman–Crippen MR) is 125 cm³/mol. The molecule has 0 aliphatic carbocycles. The zero-order valence-corrected chi connectivity index (χ0v) is 20.1. The van der Waals surface area contributed by atoms with Gasteiger partial charge in [-0.2, -0.15) is 17.9 Å². The van der Waals surface area contributed by atoms with Crippen molar-refractivity contribution in [3.8, 4) is 5.75 Å². The summed E-state index contributed by atoms with van der Waals surface area (Å²) in [6, 6.07) is 10.1. The molecule has 1 aliphatic rings. The molecule has 2 aromatic heterocycles. The molecule has 0 radical (unpaired) electrons. The summed E-state index contributed by atoms with van der Waals surface area (Å²) >= 11 is 1.21. The molecule has 3 aromatic rings. The summed E-state index contributed by atoms with van der Waals surface area (Å²) in [6.07, 6.45) is -5.04. The molecular formula is C23H22F3N5O4S. The van der Waals surface area contributed by atoms with Crippen molar-refractivity contribution in [2.45, 2.75) is 44.8 Å². The Morgan fingerprint density at radius 1 is 1.19 bits per heavy atom. The minimum Gasteiger partial charge on any atom is -0.494 e. The number of thiophene rings is 1. The van der Waals surface area contributed by atoms with Crippen LogP contribution in [0.1, 0.15) is 53.2 Å². The van der Waals surface area contributed by atoms with Crippen LogP contribution in [0.15, 0.2) is 41.2 Å². The maximum Gasteiger partial charge on any atom is 0.389 e. The summed E-state index contributed by atoms with van der Waals surface area (Å²) < 4.78 is 43.2. The fraction of sp³-hybridized carbons (Fsp3) is 0.348. The number of H-pyrrole nitrogens is 1. The number of nitrogens with one attached hydrogen (secondary N) is 2. The highest BCUT2D eigenvalue weighted by molar-refractivity contribution is 7.15. The van der Waals surface area contributed by atoms with Gasteiger partial charge in [-0.3, -0.25) is 9.59 Å². The zero-order chi connectivity index (χ0) is 26.1. The number of ether oxygens (including phenoxy) is 1. The molecule has 1 atom stereocenters. The number of hydrogen-bond acceptors (Lipinski definition) is 7. The van der Waals surface area contributed by atoms with Gasteiger partial charge < -0.3 is 10.1 Å². The lowest BCUT2D eigenvalue weighted by molar-refractivity contribution is -0.136. The second kappa shape index (κ2) is 9.72. The van der Waals surface area contributed by atoms with Crippen LogP contribution in [0.4, 0.5) is 13.2 Å². The van der Waals surface area contributed by atoms with Crippen LogP contribution >= 0.6 is 11.3 Å². The Labute approximate surface area is 206 Å². The van der Waals surface area contributed by atoms with Gasteiger partial charge in [0.15, 0.2) is 5.78 Å². The van der Waals surface area contributed by atoms with Gasteiger partial charge in [-0.15, -0.1) is 11.3 Å². The normalized spacial score (nSPS) is 18.3. The molecule has 2 N–H and O–H groups in total. The Bertz CT molecular complexity index is 1370. The molecular weight excluding hydrogens is 499 g/mol. The number of halogens is 3. The van der Waals surface area contributed by atoms with Gasteiger partial charge in [-0.1, -0.05) is 12.1 Å². The van der Waals surface area contributed by atoms with Crippen LogP contribution in [-0.2, 0) is 10.3 Å². The van der Waals surface area contributed by atoms with Crippen LogP contribution in [0, 0.1) is 0 Å². The summed E-state index contributed by atoms with van der Waals surface area (Å²) in [7, 11) is 0. The summed E-state index contributed by atoms with van der Waals surface area (Å²) in [5.41, 5.74) is -0.351. The van der Waals surface area contributed by atoms with E-state index in [1.54, 1.807) is 36.4 Å². The van der Waals surface area contributed by atoms with Gasteiger partial charge in [0, 0.05) is 23.3 Å². The first-order valence-electron chi connectivity index (χ1n) is 10.9. The van der Waals surface area contributed by atoms with Crippen LogP contribution in [-0.4, -0.2) is 44.7 Å². The standard InChI is InChI=1S/C23H22F3N5O4S/c1-13(32)17-8-9-18(36-17)16-12-22(2,27-20(33)19(16)31-21(34)28-29-30-31)14-4-6-15(7-5-14)35-11-3-10-23(24,25)26/h4-9H,3,10-12H2,1-2H3,(H,27,33)(H,28,30,34)/t22-/m0/s1. The molecule has 13 heteroatoms. The fourth-order valence-electron chi connectivity index (χ4n) is 3.95. The SMILES string of the molecule is CC(=O)c1ccc(C2=C(n3nn[nH]c3=O)C(=O)N[C@](C)(c3ccc(OCCCC(F)(F)F)cc3)C2)s1. The first-order chi connectivity index (χ1) is 17.0. The zero-order valence-electron chi connectivity index (χ0n) is 19.3. The quantitative estimate of drug-likeness (QED) is 0.344. The minimum absolute atomic E-state index is 0.00722. The molecule has 1 aliphatic heterocycles. The van der Waals surface area contributed by atoms with Gasteiger partial charge in [0.25, 0.3) is 5.91 Å². The van der Waals surface area contributed by atoms with Crippen molar-refractivity contribution in [3.05, 3.63) is 62.2 Å². The van der Waals surface area contributed by atoms with E-state index in [9.17, 15) is 27.6 Å². The van der Waals surface area contributed by atoms with Gasteiger partial charge in [-0.05, 0) is 60.5 Å². The van der Waals surface area contributed by atoms with Crippen molar-refractivity contribution < 1.29 is 27.5 Å². The molecule has 9 nitrogen and oxygen atoms in total. The largest absolute Gasteiger partial charge is 0.494 e. The van der Waals surface area contributed by atoms with Gasteiger partial charge in [0.05, 0.1) is 17.0 Å². The van der Waals surface area contributed by atoms with E-state index in [1.807, 2.05) is 6.92 Å². The minimum atomic E-state index is -4.23. The maximum atomic E-state index is 13.3. The Hall–Kier alpha value is -3.74. The number of aromatic amines is 1. The van der Waals surface area contributed by atoms with E-state index in [1.165, 1.54) is 18.3 Å². The van der Waals surface area contributed by atoms with Crippen molar-refractivity contribution in [2.24, 2.45) is 0 Å². The van der Waals surface area contributed by atoms with Gasteiger partial charge >= 0.3 is 11.9 Å². The average molecular weight is 522 g/mol. The molecule has 190 valence electrons. The number of amides is 1. The van der Waals surface area contributed by atoms with E-state index in [0.717, 1.165) is 4.68 Å². The molecule has 0 saturated heterocycles. The Morgan fingerprint density at radius 2 is 1.92 bits per heavy atom. The number of alkyl halides is 3. The van der Waals surface area contributed by atoms with E-state index in [4.69, 9.17) is 4.74 Å². The highest BCUT2D eigenvalue weighted by Crippen LogP contribution is 2.41. The number of benzene rings is 1. The number of Topliss-reactive ketones (excluding diaryl/α,β-unsaturated/α-hetero) is 1. The highest BCUT2D eigenvalue weighted by atomic mass is 32.1. The van der Waals surface area contributed by atoms with Crippen LogP contribution in [0.3, 0.4) is 0 Å².